The third kappa shape index (κ3) is 6.55. The zero-order valence-electron chi connectivity index (χ0n) is 13.8. The second kappa shape index (κ2) is 11.5. The van der Waals surface area contributed by atoms with Crippen molar-refractivity contribution in [1.82, 2.24) is 5.32 Å². The van der Waals surface area contributed by atoms with Crippen molar-refractivity contribution in [3.63, 3.8) is 0 Å². The highest BCUT2D eigenvalue weighted by atomic mass is 16.5. The lowest BCUT2D eigenvalue weighted by Gasteiger charge is -2.37. The van der Waals surface area contributed by atoms with Crippen molar-refractivity contribution in [3.05, 3.63) is 0 Å². The Morgan fingerprint density at radius 2 is 1.90 bits per heavy atom. The van der Waals surface area contributed by atoms with Crippen LogP contribution in [0.1, 0.15) is 58.8 Å². The van der Waals surface area contributed by atoms with Crippen molar-refractivity contribution in [2.24, 2.45) is 11.8 Å². The van der Waals surface area contributed by atoms with E-state index in [0.717, 1.165) is 38.0 Å². The summed E-state index contributed by atoms with van der Waals surface area (Å²) in [7, 11) is 1.73. The van der Waals surface area contributed by atoms with Crippen molar-refractivity contribution >= 4 is 0 Å². The summed E-state index contributed by atoms with van der Waals surface area (Å²) in [6.07, 6.45) is 9.36. The zero-order chi connectivity index (χ0) is 14.6. The third-order valence-electron chi connectivity index (χ3n) is 4.67. The van der Waals surface area contributed by atoms with Crippen molar-refractivity contribution in [1.29, 1.82) is 0 Å². The summed E-state index contributed by atoms with van der Waals surface area (Å²) >= 11 is 0. The maximum Gasteiger partial charge on any atom is 0.0700 e. The summed E-state index contributed by atoms with van der Waals surface area (Å²) < 4.78 is 10.7. The van der Waals surface area contributed by atoms with Gasteiger partial charge in [-0.3, -0.25) is 0 Å². The van der Waals surface area contributed by atoms with E-state index in [-0.39, 0.29) is 0 Å². The topological polar surface area (TPSA) is 30.5 Å². The van der Waals surface area contributed by atoms with E-state index in [0.29, 0.717) is 12.6 Å². The molecule has 1 rings (SSSR count). The Balaban J connectivity index is 2.40. The normalized spacial score (nSPS) is 24.8. The highest BCUT2D eigenvalue weighted by Crippen LogP contribution is 2.35. The highest BCUT2D eigenvalue weighted by molar-refractivity contribution is 4.84. The number of hydrogen-bond acceptors (Lipinski definition) is 3. The average Bonchev–Trinajstić information content (AvgIpc) is 2.50. The molecule has 1 saturated carbocycles. The number of methoxy groups -OCH3 is 1. The first-order valence-electron chi connectivity index (χ1n) is 8.63. The summed E-state index contributed by atoms with van der Waals surface area (Å²) in [5, 5.41) is 3.78. The average molecular weight is 285 g/mol. The molecule has 1 N–H and O–H groups in total. The van der Waals surface area contributed by atoms with E-state index in [4.69, 9.17) is 9.47 Å². The molecule has 0 aromatic rings. The molecular weight excluding hydrogens is 250 g/mol. The van der Waals surface area contributed by atoms with E-state index < -0.39 is 0 Å². The lowest BCUT2D eigenvalue weighted by Crippen LogP contribution is -2.42. The predicted octanol–water partition coefficient (Wildman–Crippen LogP) is 3.62. The molecule has 0 aromatic heterocycles. The first-order valence-corrected chi connectivity index (χ1v) is 8.63. The minimum atomic E-state index is 0.641. The fourth-order valence-corrected chi connectivity index (χ4v) is 3.52. The van der Waals surface area contributed by atoms with E-state index >= 15 is 0 Å². The molecular formula is C17H35NO2. The lowest BCUT2D eigenvalue weighted by atomic mass is 9.73. The Hall–Kier alpha value is -0.120. The van der Waals surface area contributed by atoms with Crippen LogP contribution in [0.25, 0.3) is 0 Å². The third-order valence-corrected chi connectivity index (χ3v) is 4.67. The van der Waals surface area contributed by atoms with E-state index in [1.54, 1.807) is 7.11 Å². The zero-order valence-corrected chi connectivity index (χ0v) is 13.8. The molecule has 3 heteroatoms. The van der Waals surface area contributed by atoms with E-state index in [1.165, 1.54) is 38.5 Å². The van der Waals surface area contributed by atoms with Gasteiger partial charge in [0.25, 0.3) is 0 Å². The molecule has 0 aliphatic heterocycles. The second-order valence-electron chi connectivity index (χ2n) is 6.07. The molecule has 0 bridgehead atoms. The SMILES string of the molecule is CCCNC(CCOCCOC)C1CCCCC1CC. The maximum absolute atomic E-state index is 5.68. The molecule has 0 amide bonds. The van der Waals surface area contributed by atoms with Crippen molar-refractivity contribution in [2.45, 2.75) is 64.8 Å². The molecule has 3 nitrogen and oxygen atoms in total. The molecule has 120 valence electrons. The van der Waals surface area contributed by atoms with Gasteiger partial charge in [0.05, 0.1) is 13.2 Å². The van der Waals surface area contributed by atoms with Gasteiger partial charge in [0.15, 0.2) is 0 Å². The van der Waals surface area contributed by atoms with Crippen LogP contribution in [0.2, 0.25) is 0 Å². The standard InChI is InChI=1S/C17H35NO2/c1-4-11-18-17(10-12-20-14-13-19-3)16-9-7-6-8-15(16)5-2/h15-18H,4-14H2,1-3H3. The Morgan fingerprint density at radius 3 is 2.60 bits per heavy atom. The Labute approximate surface area is 125 Å². The first-order chi connectivity index (χ1) is 9.83. The predicted molar refractivity (Wildman–Crippen MR) is 85.1 cm³/mol. The van der Waals surface area contributed by atoms with Crippen molar-refractivity contribution < 1.29 is 9.47 Å². The van der Waals surface area contributed by atoms with E-state index in [2.05, 4.69) is 19.2 Å². The summed E-state index contributed by atoms with van der Waals surface area (Å²) in [6, 6.07) is 0.641. The van der Waals surface area contributed by atoms with Gasteiger partial charge >= 0.3 is 0 Å². The minimum absolute atomic E-state index is 0.641. The van der Waals surface area contributed by atoms with E-state index in [9.17, 15) is 0 Å². The van der Waals surface area contributed by atoms with Crippen LogP contribution in [-0.4, -0.2) is 39.5 Å². The molecule has 0 radical (unpaired) electrons. The highest BCUT2D eigenvalue weighted by Gasteiger charge is 2.30. The van der Waals surface area contributed by atoms with Crippen LogP contribution in [0.4, 0.5) is 0 Å². The summed E-state index contributed by atoms with van der Waals surface area (Å²) in [4.78, 5) is 0. The molecule has 1 aliphatic rings. The van der Waals surface area contributed by atoms with Crippen LogP contribution in [-0.2, 0) is 9.47 Å². The van der Waals surface area contributed by atoms with Crippen LogP contribution < -0.4 is 5.32 Å². The second-order valence-corrected chi connectivity index (χ2v) is 6.07. The quantitative estimate of drug-likeness (QED) is 0.588. The first kappa shape index (κ1) is 17.9. The summed E-state index contributed by atoms with van der Waals surface area (Å²) in [5.74, 6) is 1.77. The van der Waals surface area contributed by atoms with Gasteiger partial charge in [0.2, 0.25) is 0 Å². The van der Waals surface area contributed by atoms with Crippen molar-refractivity contribution in [2.75, 3.05) is 33.5 Å². The summed E-state index contributed by atoms with van der Waals surface area (Å²) in [5.41, 5.74) is 0. The molecule has 0 aromatic carbocycles. The fraction of sp³-hybridized carbons (Fsp3) is 1.00. The monoisotopic (exact) mass is 285 g/mol. The van der Waals surface area contributed by atoms with Crippen LogP contribution >= 0.6 is 0 Å². The van der Waals surface area contributed by atoms with Gasteiger partial charge in [-0.25, -0.2) is 0 Å². The van der Waals surface area contributed by atoms with Crippen LogP contribution in [0.3, 0.4) is 0 Å². The molecule has 20 heavy (non-hydrogen) atoms. The number of ether oxygens (including phenoxy) is 2. The Morgan fingerprint density at radius 1 is 1.10 bits per heavy atom. The number of rotatable bonds is 11. The van der Waals surface area contributed by atoms with Gasteiger partial charge in [-0.1, -0.05) is 39.5 Å². The molecule has 1 aliphatic carbocycles. The van der Waals surface area contributed by atoms with Crippen molar-refractivity contribution in [3.8, 4) is 0 Å². The molecule has 0 saturated heterocycles. The number of nitrogens with one attached hydrogen (secondary N) is 1. The van der Waals surface area contributed by atoms with Gasteiger partial charge in [0, 0.05) is 19.8 Å². The van der Waals surface area contributed by atoms with Crippen LogP contribution in [0.5, 0.6) is 0 Å². The minimum Gasteiger partial charge on any atom is -0.382 e. The Kier molecular flexibility index (Phi) is 10.3. The molecule has 0 spiro atoms. The van der Waals surface area contributed by atoms with Gasteiger partial charge in [-0.2, -0.15) is 0 Å². The van der Waals surface area contributed by atoms with Gasteiger partial charge in [-0.05, 0) is 37.6 Å². The smallest absolute Gasteiger partial charge is 0.0700 e. The van der Waals surface area contributed by atoms with Gasteiger partial charge in [-0.15, -0.1) is 0 Å². The van der Waals surface area contributed by atoms with Crippen LogP contribution in [0.15, 0.2) is 0 Å². The molecule has 3 unspecified atom stereocenters. The molecule has 0 heterocycles. The number of hydrogen-bond donors (Lipinski definition) is 1. The van der Waals surface area contributed by atoms with Gasteiger partial charge in [0.1, 0.15) is 0 Å². The molecule has 1 fully saturated rings. The van der Waals surface area contributed by atoms with Crippen LogP contribution in [0, 0.1) is 11.8 Å². The summed E-state index contributed by atoms with van der Waals surface area (Å²) in [6.45, 7) is 8.02. The fourth-order valence-electron chi connectivity index (χ4n) is 3.52. The lowest BCUT2D eigenvalue weighted by molar-refractivity contribution is 0.0572. The largest absolute Gasteiger partial charge is 0.382 e. The maximum atomic E-state index is 5.68. The Bertz CT molecular complexity index is 223. The van der Waals surface area contributed by atoms with Gasteiger partial charge < -0.3 is 14.8 Å². The molecule has 3 atom stereocenters. The van der Waals surface area contributed by atoms with E-state index in [1.807, 2.05) is 0 Å².